The third-order valence-corrected chi connectivity index (χ3v) is 5.06. The van der Waals surface area contributed by atoms with Crippen LogP contribution in [0.25, 0.3) is 0 Å². The Kier molecular flexibility index (Phi) is 3.78. The fourth-order valence-electron chi connectivity index (χ4n) is 2.41. The number of amides is 1. The average molecular weight is 266 g/mol. The van der Waals surface area contributed by atoms with Crippen LogP contribution in [0.3, 0.4) is 0 Å². The molecule has 4 heteroatoms. The third kappa shape index (κ3) is 2.75. The van der Waals surface area contributed by atoms with E-state index in [1.165, 1.54) is 41.0 Å². The number of rotatable bonds is 4. The minimum absolute atomic E-state index is 0.170. The Morgan fingerprint density at radius 2 is 2.11 bits per heavy atom. The van der Waals surface area contributed by atoms with E-state index >= 15 is 0 Å². The number of aryl methyl sites for hydroxylation is 2. The van der Waals surface area contributed by atoms with Crippen LogP contribution < -0.4 is 11.1 Å². The highest BCUT2D eigenvalue weighted by Crippen LogP contribution is 2.33. The van der Waals surface area contributed by atoms with E-state index in [4.69, 9.17) is 5.73 Å². The zero-order chi connectivity index (χ0) is 13.3. The van der Waals surface area contributed by atoms with Crippen LogP contribution in [0.15, 0.2) is 6.07 Å². The van der Waals surface area contributed by atoms with Gasteiger partial charge in [-0.1, -0.05) is 0 Å². The molecular weight excluding hydrogens is 244 g/mol. The van der Waals surface area contributed by atoms with Gasteiger partial charge in [0, 0.05) is 15.8 Å². The fourth-order valence-corrected chi connectivity index (χ4v) is 3.67. The van der Waals surface area contributed by atoms with Gasteiger partial charge in [-0.2, -0.15) is 0 Å². The van der Waals surface area contributed by atoms with Crippen molar-refractivity contribution in [3.8, 4) is 0 Å². The Morgan fingerprint density at radius 3 is 2.72 bits per heavy atom. The molecule has 1 aliphatic carbocycles. The number of nitrogens with one attached hydrogen (secondary N) is 1. The number of hydrogen-bond donors (Lipinski definition) is 2. The van der Waals surface area contributed by atoms with E-state index in [9.17, 15) is 4.79 Å². The van der Waals surface area contributed by atoms with Crippen LogP contribution in [0, 0.1) is 0 Å². The summed E-state index contributed by atoms with van der Waals surface area (Å²) in [5.74, 6) is -0.310. The topological polar surface area (TPSA) is 55.1 Å². The van der Waals surface area contributed by atoms with Gasteiger partial charge in [0.25, 0.3) is 0 Å². The van der Waals surface area contributed by atoms with Crippen molar-refractivity contribution in [1.29, 1.82) is 0 Å². The Hall–Kier alpha value is -0.870. The molecule has 3 N–H and O–H groups in total. The predicted molar refractivity (Wildman–Crippen MR) is 75.8 cm³/mol. The van der Waals surface area contributed by atoms with Crippen LogP contribution in [0.2, 0.25) is 0 Å². The van der Waals surface area contributed by atoms with Crippen molar-refractivity contribution in [3.05, 3.63) is 21.4 Å². The molecule has 1 heterocycles. The lowest BCUT2D eigenvalue weighted by Gasteiger charge is -2.26. The molecule has 0 bridgehead atoms. The quantitative estimate of drug-likeness (QED) is 0.880. The Morgan fingerprint density at radius 1 is 1.44 bits per heavy atom. The maximum Gasteiger partial charge on any atom is 0.237 e. The van der Waals surface area contributed by atoms with Gasteiger partial charge in [0.05, 0.1) is 5.54 Å². The molecule has 3 nitrogen and oxygen atoms in total. The second-order valence-electron chi connectivity index (χ2n) is 5.66. The lowest BCUT2D eigenvalue weighted by molar-refractivity contribution is -0.123. The van der Waals surface area contributed by atoms with Gasteiger partial charge in [0.1, 0.15) is 0 Å². The number of fused-ring (bicyclic) bond motifs is 1. The van der Waals surface area contributed by atoms with Gasteiger partial charge in [0.2, 0.25) is 5.91 Å². The molecule has 18 heavy (non-hydrogen) atoms. The van der Waals surface area contributed by atoms with Gasteiger partial charge >= 0.3 is 0 Å². The molecule has 0 radical (unpaired) electrons. The number of nitrogens with two attached hydrogens (primary N) is 1. The smallest absolute Gasteiger partial charge is 0.237 e. The van der Waals surface area contributed by atoms with Crippen LogP contribution in [0.4, 0.5) is 0 Å². The number of carbonyl (C=O) groups excluding carboxylic acids is 1. The summed E-state index contributed by atoms with van der Waals surface area (Å²) in [4.78, 5) is 14.2. The highest BCUT2D eigenvalue weighted by molar-refractivity contribution is 7.12. The minimum Gasteiger partial charge on any atom is -0.368 e. The SMILES string of the molecule is CC(NC(C)(C)C(N)=O)c1cc2c(s1)CCCC2. The second kappa shape index (κ2) is 5.02. The van der Waals surface area contributed by atoms with Gasteiger partial charge in [-0.3, -0.25) is 10.1 Å². The first kappa shape index (κ1) is 13.6. The lowest BCUT2D eigenvalue weighted by Crippen LogP contribution is -2.51. The molecule has 1 amide bonds. The molecule has 0 saturated heterocycles. The zero-order valence-electron chi connectivity index (χ0n) is 11.4. The lowest BCUT2D eigenvalue weighted by atomic mass is 9.98. The highest BCUT2D eigenvalue weighted by atomic mass is 32.1. The summed E-state index contributed by atoms with van der Waals surface area (Å²) in [7, 11) is 0. The first-order valence-electron chi connectivity index (χ1n) is 6.59. The first-order valence-corrected chi connectivity index (χ1v) is 7.41. The minimum atomic E-state index is -0.663. The second-order valence-corrected chi connectivity index (χ2v) is 6.83. The van der Waals surface area contributed by atoms with Crippen molar-refractivity contribution in [2.75, 3.05) is 0 Å². The van der Waals surface area contributed by atoms with Crippen LogP contribution in [-0.2, 0) is 17.6 Å². The summed E-state index contributed by atoms with van der Waals surface area (Å²) in [5.41, 5.74) is 6.24. The van der Waals surface area contributed by atoms with Gasteiger partial charge in [0.15, 0.2) is 0 Å². The predicted octanol–water partition coefficient (Wildman–Crippen LogP) is 2.54. The van der Waals surface area contributed by atoms with E-state index in [2.05, 4.69) is 18.3 Å². The monoisotopic (exact) mass is 266 g/mol. The van der Waals surface area contributed by atoms with Gasteiger partial charge in [-0.15, -0.1) is 11.3 Å². The van der Waals surface area contributed by atoms with E-state index in [1.807, 2.05) is 25.2 Å². The Balaban J connectivity index is 2.12. The molecule has 100 valence electrons. The summed E-state index contributed by atoms with van der Waals surface area (Å²) in [5, 5.41) is 3.32. The van der Waals surface area contributed by atoms with Gasteiger partial charge in [-0.05, 0) is 58.1 Å². The normalized spacial score (nSPS) is 17.3. The van der Waals surface area contributed by atoms with Crippen molar-refractivity contribution in [2.45, 2.75) is 58.0 Å². The number of hydrogen-bond acceptors (Lipinski definition) is 3. The van der Waals surface area contributed by atoms with Crippen LogP contribution in [0.5, 0.6) is 0 Å². The molecule has 1 unspecified atom stereocenters. The summed E-state index contributed by atoms with van der Waals surface area (Å²) in [6, 6.07) is 2.47. The Bertz CT molecular complexity index is 427. The maximum absolute atomic E-state index is 11.3. The molecule has 0 aromatic carbocycles. The van der Waals surface area contributed by atoms with Crippen molar-refractivity contribution in [2.24, 2.45) is 5.73 Å². The van der Waals surface area contributed by atoms with Crippen molar-refractivity contribution in [3.63, 3.8) is 0 Å². The standard InChI is InChI=1S/C14H22N2OS/c1-9(16-14(2,3)13(15)17)12-8-10-6-4-5-7-11(10)18-12/h8-9,16H,4-7H2,1-3H3,(H2,15,17). The summed E-state index contributed by atoms with van der Waals surface area (Å²) in [6.45, 7) is 5.76. The highest BCUT2D eigenvalue weighted by Gasteiger charge is 2.27. The van der Waals surface area contributed by atoms with E-state index in [-0.39, 0.29) is 11.9 Å². The molecule has 1 atom stereocenters. The number of thiophene rings is 1. The fraction of sp³-hybridized carbons (Fsp3) is 0.643. The van der Waals surface area contributed by atoms with Crippen molar-refractivity contribution < 1.29 is 4.79 Å². The first-order chi connectivity index (χ1) is 8.40. The molecule has 0 fully saturated rings. The number of primary amides is 1. The van der Waals surface area contributed by atoms with Gasteiger partial charge in [-0.25, -0.2) is 0 Å². The van der Waals surface area contributed by atoms with E-state index in [1.54, 1.807) is 0 Å². The largest absolute Gasteiger partial charge is 0.368 e. The molecule has 1 aromatic rings. The van der Waals surface area contributed by atoms with Crippen LogP contribution in [-0.4, -0.2) is 11.4 Å². The summed E-state index contributed by atoms with van der Waals surface area (Å²) in [6.07, 6.45) is 5.03. The summed E-state index contributed by atoms with van der Waals surface area (Å²) < 4.78 is 0. The third-order valence-electron chi connectivity index (χ3n) is 3.64. The maximum atomic E-state index is 11.3. The molecule has 1 aromatic heterocycles. The van der Waals surface area contributed by atoms with Crippen molar-refractivity contribution >= 4 is 17.2 Å². The van der Waals surface area contributed by atoms with Gasteiger partial charge < -0.3 is 5.73 Å². The zero-order valence-corrected chi connectivity index (χ0v) is 12.2. The van der Waals surface area contributed by atoms with E-state index in [0.29, 0.717) is 0 Å². The molecule has 2 rings (SSSR count). The molecule has 0 saturated carbocycles. The van der Waals surface area contributed by atoms with E-state index < -0.39 is 5.54 Å². The molecule has 1 aliphatic rings. The summed E-state index contributed by atoms with van der Waals surface area (Å²) >= 11 is 1.88. The average Bonchev–Trinajstić information content (AvgIpc) is 2.71. The molecule has 0 aliphatic heterocycles. The van der Waals surface area contributed by atoms with Crippen molar-refractivity contribution in [1.82, 2.24) is 5.32 Å². The molecular formula is C14H22N2OS. The van der Waals surface area contributed by atoms with Crippen LogP contribution >= 0.6 is 11.3 Å². The van der Waals surface area contributed by atoms with Crippen LogP contribution in [0.1, 0.15) is 55.0 Å². The Labute approximate surface area is 113 Å². The number of carbonyl (C=O) groups is 1. The molecule has 0 spiro atoms. The van der Waals surface area contributed by atoms with E-state index in [0.717, 1.165) is 0 Å².